The van der Waals surface area contributed by atoms with Crippen LogP contribution in [0.25, 0.3) is 0 Å². The number of rotatable bonds is 0. The average Bonchev–Trinajstić information content (AvgIpc) is 2.74. The molecule has 8 atom stereocenters. The van der Waals surface area contributed by atoms with Crippen molar-refractivity contribution in [3.05, 3.63) is 0 Å². The maximum Gasteiger partial charge on any atom is 0.133 e. The number of Topliss-reactive ketones (excluding diaryl/α,β-unsaturated/α-hetero) is 1. The Kier molecular flexibility index (Phi) is 3.22. The summed E-state index contributed by atoms with van der Waals surface area (Å²) in [6, 6.07) is 0. The zero-order valence-corrected chi connectivity index (χ0v) is 12.9. The van der Waals surface area contributed by atoms with Gasteiger partial charge in [0, 0.05) is 12.8 Å². The summed E-state index contributed by atoms with van der Waals surface area (Å²) >= 11 is 0. The van der Waals surface area contributed by atoms with Crippen LogP contribution in [-0.4, -0.2) is 23.2 Å². The van der Waals surface area contributed by atoms with E-state index in [9.17, 15) is 9.90 Å². The molecule has 21 heavy (non-hydrogen) atoms. The van der Waals surface area contributed by atoms with Gasteiger partial charge in [0.25, 0.3) is 0 Å². The third-order valence-corrected chi connectivity index (χ3v) is 7.64. The van der Waals surface area contributed by atoms with Crippen LogP contribution < -0.4 is 0 Å². The van der Waals surface area contributed by atoms with Gasteiger partial charge in [-0.05, 0) is 73.5 Å². The van der Waals surface area contributed by atoms with Gasteiger partial charge in [0.2, 0.25) is 0 Å². The maximum absolute atomic E-state index is 15.0. The number of hydrogen-bond donors (Lipinski definition) is 1. The molecule has 0 bridgehead atoms. The number of carbonyl (C=O) groups excluding carboxylic acids is 1. The second kappa shape index (κ2) is 4.78. The lowest BCUT2D eigenvalue weighted by Gasteiger charge is -2.56. The predicted molar refractivity (Wildman–Crippen MR) is 78.4 cm³/mol. The standard InChI is InChI=1S/C18H27FO2/c1-18-9-15(19)17-12-5-3-11(20)8-10(12)2-4-13(17)14(18)6-7-16(18)21/h10,12-17,21H,2-9H2,1H3/t10-,12-,13-,14-,15-,16-,17+,18-/m0/s1. The highest BCUT2D eigenvalue weighted by molar-refractivity contribution is 5.79. The van der Waals surface area contributed by atoms with E-state index < -0.39 is 6.17 Å². The number of alkyl halides is 1. The van der Waals surface area contributed by atoms with Gasteiger partial charge in [0.15, 0.2) is 0 Å². The highest BCUT2D eigenvalue weighted by Gasteiger charge is 2.60. The van der Waals surface area contributed by atoms with Gasteiger partial charge in [0.1, 0.15) is 12.0 Å². The molecule has 4 rings (SSSR count). The van der Waals surface area contributed by atoms with Gasteiger partial charge in [0.05, 0.1) is 6.10 Å². The highest BCUT2D eigenvalue weighted by atomic mass is 19.1. The van der Waals surface area contributed by atoms with Gasteiger partial charge in [-0.1, -0.05) is 6.92 Å². The lowest BCUT2D eigenvalue weighted by atomic mass is 9.50. The molecule has 3 heteroatoms. The number of hydrogen-bond acceptors (Lipinski definition) is 2. The minimum Gasteiger partial charge on any atom is -0.393 e. The zero-order valence-electron chi connectivity index (χ0n) is 12.9. The Morgan fingerprint density at radius 3 is 2.76 bits per heavy atom. The minimum atomic E-state index is -0.773. The van der Waals surface area contributed by atoms with Crippen LogP contribution in [0.5, 0.6) is 0 Å². The van der Waals surface area contributed by atoms with E-state index in [1.807, 2.05) is 0 Å². The Morgan fingerprint density at radius 1 is 1.14 bits per heavy atom. The zero-order chi connectivity index (χ0) is 14.8. The van der Waals surface area contributed by atoms with Crippen molar-refractivity contribution in [2.45, 2.75) is 70.6 Å². The first-order valence-electron chi connectivity index (χ1n) is 8.84. The first-order chi connectivity index (χ1) is 10.0. The number of ketones is 1. The highest BCUT2D eigenvalue weighted by Crippen LogP contribution is 2.62. The third-order valence-electron chi connectivity index (χ3n) is 7.64. The summed E-state index contributed by atoms with van der Waals surface area (Å²) in [6.45, 7) is 2.12. The maximum atomic E-state index is 15.0. The molecule has 0 saturated heterocycles. The van der Waals surface area contributed by atoms with E-state index in [-0.39, 0.29) is 17.4 Å². The lowest BCUT2D eigenvalue weighted by Crippen LogP contribution is -2.54. The fourth-order valence-electron chi connectivity index (χ4n) is 6.65. The second-order valence-corrected chi connectivity index (χ2v) is 8.45. The van der Waals surface area contributed by atoms with Crippen LogP contribution in [0.1, 0.15) is 58.3 Å². The van der Waals surface area contributed by atoms with Crippen molar-refractivity contribution < 1.29 is 14.3 Å². The molecule has 4 aliphatic rings. The minimum absolute atomic E-state index is 0.167. The Balaban J connectivity index is 1.63. The van der Waals surface area contributed by atoms with Crippen molar-refractivity contribution in [3.63, 3.8) is 0 Å². The normalized spacial score (nSPS) is 56.5. The number of aliphatic hydroxyl groups is 1. The van der Waals surface area contributed by atoms with Crippen LogP contribution >= 0.6 is 0 Å². The molecule has 0 aliphatic heterocycles. The largest absolute Gasteiger partial charge is 0.393 e. The van der Waals surface area contributed by atoms with E-state index in [0.717, 1.165) is 32.1 Å². The van der Waals surface area contributed by atoms with Gasteiger partial charge >= 0.3 is 0 Å². The van der Waals surface area contributed by atoms with E-state index >= 15 is 4.39 Å². The molecule has 0 amide bonds. The summed E-state index contributed by atoms with van der Waals surface area (Å²) in [7, 11) is 0. The first-order valence-corrected chi connectivity index (χ1v) is 8.84. The number of aliphatic hydroxyl groups excluding tert-OH is 1. The Morgan fingerprint density at radius 2 is 1.95 bits per heavy atom. The van der Waals surface area contributed by atoms with Gasteiger partial charge in [-0.2, -0.15) is 0 Å². The molecule has 4 aliphatic carbocycles. The molecule has 0 aromatic carbocycles. The predicted octanol–water partition coefficient (Wildman–Crippen LogP) is 3.52. The molecular weight excluding hydrogens is 267 g/mol. The van der Waals surface area contributed by atoms with E-state index in [1.54, 1.807) is 0 Å². The molecule has 0 unspecified atom stereocenters. The molecule has 4 saturated carbocycles. The molecule has 1 N–H and O–H groups in total. The van der Waals surface area contributed by atoms with Crippen molar-refractivity contribution in [1.82, 2.24) is 0 Å². The van der Waals surface area contributed by atoms with Crippen molar-refractivity contribution in [2.75, 3.05) is 0 Å². The topological polar surface area (TPSA) is 37.3 Å². The van der Waals surface area contributed by atoms with Crippen LogP contribution in [0.3, 0.4) is 0 Å². The van der Waals surface area contributed by atoms with Crippen LogP contribution in [-0.2, 0) is 4.79 Å². The molecule has 2 nitrogen and oxygen atoms in total. The molecule has 0 aromatic rings. The first kappa shape index (κ1) is 14.2. The monoisotopic (exact) mass is 294 g/mol. The van der Waals surface area contributed by atoms with Crippen molar-refractivity contribution in [1.29, 1.82) is 0 Å². The fourth-order valence-corrected chi connectivity index (χ4v) is 6.65. The van der Waals surface area contributed by atoms with Gasteiger partial charge in [-0.15, -0.1) is 0 Å². The van der Waals surface area contributed by atoms with Gasteiger partial charge in [-0.3, -0.25) is 4.79 Å². The SMILES string of the molecule is C[C@]12C[C@H](F)[C@H]3[C@@H](CC[C@H]4CC(=O)CC[C@@H]43)[C@@H]1CC[C@@H]2O. The Bertz CT molecular complexity index is 450. The molecule has 118 valence electrons. The van der Waals surface area contributed by atoms with Gasteiger partial charge < -0.3 is 5.11 Å². The lowest BCUT2D eigenvalue weighted by molar-refractivity contribution is -0.136. The summed E-state index contributed by atoms with van der Waals surface area (Å²) in [5.41, 5.74) is -0.197. The molecule has 0 heterocycles. The molecular formula is C18H27FO2. The summed E-state index contributed by atoms with van der Waals surface area (Å²) in [4.78, 5) is 11.7. The van der Waals surface area contributed by atoms with Crippen LogP contribution in [0.15, 0.2) is 0 Å². The molecule has 0 spiro atoms. The van der Waals surface area contributed by atoms with Crippen LogP contribution in [0, 0.1) is 35.0 Å². The Labute approximate surface area is 126 Å². The summed E-state index contributed by atoms with van der Waals surface area (Å²) in [6.07, 6.45) is 5.84. The quantitative estimate of drug-likeness (QED) is 0.742. The number of carbonyl (C=O) groups is 1. The van der Waals surface area contributed by atoms with E-state index in [2.05, 4.69) is 6.92 Å². The number of halogens is 1. The molecule has 4 fully saturated rings. The van der Waals surface area contributed by atoms with Crippen molar-refractivity contribution in [2.24, 2.45) is 35.0 Å². The summed E-state index contributed by atoms with van der Waals surface area (Å²) in [5, 5.41) is 10.3. The fraction of sp³-hybridized carbons (Fsp3) is 0.944. The molecule has 0 aromatic heterocycles. The van der Waals surface area contributed by atoms with E-state index in [4.69, 9.17) is 0 Å². The van der Waals surface area contributed by atoms with Gasteiger partial charge in [-0.25, -0.2) is 4.39 Å². The average molecular weight is 294 g/mol. The molecule has 0 radical (unpaired) electrons. The summed E-state index contributed by atoms with van der Waals surface area (Å²) in [5.74, 6) is 2.39. The van der Waals surface area contributed by atoms with Crippen molar-refractivity contribution >= 4 is 5.78 Å². The second-order valence-electron chi connectivity index (χ2n) is 8.45. The van der Waals surface area contributed by atoms with Crippen molar-refractivity contribution in [3.8, 4) is 0 Å². The van der Waals surface area contributed by atoms with E-state index in [1.165, 1.54) is 0 Å². The number of fused-ring (bicyclic) bond motifs is 5. The van der Waals surface area contributed by atoms with Crippen LogP contribution in [0.4, 0.5) is 4.39 Å². The van der Waals surface area contributed by atoms with Crippen LogP contribution in [0.2, 0.25) is 0 Å². The Hall–Kier alpha value is -0.440. The van der Waals surface area contributed by atoms with E-state index in [0.29, 0.717) is 48.7 Å². The third kappa shape index (κ3) is 1.95. The smallest absolute Gasteiger partial charge is 0.133 e. The summed E-state index contributed by atoms with van der Waals surface area (Å²) < 4.78 is 15.0.